The Bertz CT molecular complexity index is 338. The molecule has 0 unspecified atom stereocenters. The number of carbonyl (C=O) groups excluding carboxylic acids is 1. The van der Waals surface area contributed by atoms with Crippen LogP contribution >= 0.6 is 0 Å². The summed E-state index contributed by atoms with van der Waals surface area (Å²) in [6, 6.07) is 0. The molecule has 0 heterocycles. The number of fused-ring (bicyclic) bond motifs is 1. The average molecular weight is 222 g/mol. The van der Waals surface area contributed by atoms with Gasteiger partial charge >= 0.3 is 0 Å². The van der Waals surface area contributed by atoms with Crippen molar-refractivity contribution in [1.82, 2.24) is 0 Å². The molecule has 0 spiro atoms. The molecule has 0 radical (unpaired) electrons. The molecule has 3 heteroatoms. The molecular weight excluding hydrogens is 204 g/mol. The lowest BCUT2D eigenvalue weighted by molar-refractivity contribution is -0.121. The normalized spacial score (nSPS) is 34.6. The maximum atomic E-state index is 11.7. The zero-order chi connectivity index (χ0) is 11.1. The van der Waals surface area contributed by atoms with Gasteiger partial charge in [0.15, 0.2) is 14.1 Å². The van der Waals surface area contributed by atoms with Crippen LogP contribution in [0.5, 0.6) is 0 Å². The summed E-state index contributed by atoms with van der Waals surface area (Å²) in [5, 5.41) is 0. The van der Waals surface area contributed by atoms with Crippen LogP contribution in [0.3, 0.4) is 0 Å². The van der Waals surface area contributed by atoms with E-state index in [0.717, 1.165) is 12.8 Å². The molecule has 2 aliphatic carbocycles. The molecule has 82 valence electrons. The second-order valence-corrected chi connectivity index (χ2v) is 9.80. The van der Waals surface area contributed by atoms with Crippen LogP contribution in [-0.4, -0.2) is 19.7 Å². The van der Waals surface area contributed by atoms with Gasteiger partial charge in [-0.1, -0.05) is 12.2 Å². The molecule has 2 rings (SSSR count). The Morgan fingerprint density at radius 2 is 2.13 bits per heavy atom. The van der Waals surface area contributed by atoms with Gasteiger partial charge in [0.1, 0.15) is 0 Å². The maximum absolute atomic E-state index is 11.7. The molecular formula is C12H18O2Si. The highest BCUT2D eigenvalue weighted by molar-refractivity contribution is 6.69. The first kappa shape index (κ1) is 10.8. The Morgan fingerprint density at radius 3 is 2.80 bits per heavy atom. The van der Waals surface area contributed by atoms with Crippen molar-refractivity contribution in [3.63, 3.8) is 0 Å². The molecule has 0 aliphatic heterocycles. The predicted octanol–water partition coefficient (Wildman–Crippen LogP) is 2.68. The lowest BCUT2D eigenvalue weighted by atomic mass is 9.81. The van der Waals surface area contributed by atoms with Crippen molar-refractivity contribution in [2.75, 3.05) is 0 Å². The van der Waals surface area contributed by atoms with Gasteiger partial charge in [-0.25, -0.2) is 0 Å². The molecule has 0 N–H and O–H groups in total. The number of hydrogen-bond donors (Lipinski definition) is 0. The first-order valence-corrected chi connectivity index (χ1v) is 8.92. The van der Waals surface area contributed by atoms with Crippen LogP contribution in [0.4, 0.5) is 0 Å². The molecule has 0 aromatic carbocycles. The average Bonchev–Trinajstić information content (AvgIpc) is 2.42. The number of rotatable bonds is 2. The van der Waals surface area contributed by atoms with Gasteiger partial charge in [0.2, 0.25) is 0 Å². The van der Waals surface area contributed by atoms with Crippen molar-refractivity contribution < 1.29 is 9.22 Å². The van der Waals surface area contributed by atoms with Gasteiger partial charge in [0.05, 0.1) is 11.5 Å². The Kier molecular flexibility index (Phi) is 2.47. The second kappa shape index (κ2) is 3.42. The third kappa shape index (κ3) is 1.99. The van der Waals surface area contributed by atoms with Crippen molar-refractivity contribution in [3.05, 3.63) is 24.3 Å². The molecule has 2 atom stereocenters. The van der Waals surface area contributed by atoms with E-state index in [0.29, 0.717) is 0 Å². The minimum absolute atomic E-state index is 0.0363. The molecule has 0 aromatic rings. The van der Waals surface area contributed by atoms with Crippen molar-refractivity contribution >= 4 is 14.1 Å². The van der Waals surface area contributed by atoms with Crippen molar-refractivity contribution in [2.24, 2.45) is 5.92 Å². The van der Waals surface area contributed by atoms with Crippen molar-refractivity contribution in [1.29, 1.82) is 0 Å². The Balaban J connectivity index is 2.28. The van der Waals surface area contributed by atoms with Crippen LogP contribution in [0.25, 0.3) is 0 Å². The maximum Gasteiger partial charge on any atom is 0.184 e. The summed E-state index contributed by atoms with van der Waals surface area (Å²) >= 11 is 0. The fourth-order valence-corrected chi connectivity index (χ4v) is 3.87. The number of allylic oxidation sites excluding steroid dienone is 2. The summed E-state index contributed by atoms with van der Waals surface area (Å²) in [6.45, 7) is 6.52. The summed E-state index contributed by atoms with van der Waals surface area (Å²) in [5.41, 5.74) is -0.309. The minimum Gasteiger partial charge on any atom is -0.408 e. The van der Waals surface area contributed by atoms with Gasteiger partial charge in [0, 0.05) is 0 Å². The lowest BCUT2D eigenvalue weighted by Crippen LogP contribution is -2.47. The molecule has 2 aliphatic rings. The van der Waals surface area contributed by atoms with Gasteiger partial charge in [-0.15, -0.1) is 0 Å². The van der Waals surface area contributed by atoms with Gasteiger partial charge in [-0.3, -0.25) is 4.79 Å². The fraction of sp³-hybridized carbons (Fsp3) is 0.583. The third-order valence-corrected chi connectivity index (χ3v) is 3.93. The first-order chi connectivity index (χ1) is 6.93. The lowest BCUT2D eigenvalue weighted by Gasteiger charge is -2.40. The van der Waals surface area contributed by atoms with Crippen LogP contribution in [0.15, 0.2) is 24.3 Å². The number of hydrogen-bond acceptors (Lipinski definition) is 2. The van der Waals surface area contributed by atoms with E-state index in [-0.39, 0.29) is 17.3 Å². The number of carbonyl (C=O) groups is 1. The highest BCUT2D eigenvalue weighted by Gasteiger charge is 2.47. The van der Waals surface area contributed by atoms with E-state index in [1.165, 1.54) is 0 Å². The predicted molar refractivity (Wildman–Crippen MR) is 63.2 cm³/mol. The molecule has 2 nitrogen and oxygen atoms in total. The molecule has 0 saturated carbocycles. The van der Waals surface area contributed by atoms with Crippen LogP contribution in [0.2, 0.25) is 19.6 Å². The van der Waals surface area contributed by atoms with E-state index in [1.54, 1.807) is 6.08 Å². The van der Waals surface area contributed by atoms with E-state index in [9.17, 15) is 4.79 Å². The summed E-state index contributed by atoms with van der Waals surface area (Å²) in [4.78, 5) is 11.7. The van der Waals surface area contributed by atoms with Crippen molar-refractivity contribution in [2.45, 2.75) is 38.1 Å². The standard InChI is InChI=1S/C12H18O2Si/c1-15(2,3)14-12-8-5-4-6-10(12)11(13)7-9-12/h4-5,7,9-10H,6,8H2,1-3H3/t10-,12+/m0/s1. The summed E-state index contributed by atoms with van der Waals surface area (Å²) < 4.78 is 6.24. The fourth-order valence-electron chi connectivity index (χ4n) is 2.44. The van der Waals surface area contributed by atoms with E-state index in [4.69, 9.17) is 4.43 Å². The van der Waals surface area contributed by atoms with E-state index in [1.807, 2.05) is 6.08 Å². The van der Waals surface area contributed by atoms with Crippen LogP contribution in [-0.2, 0) is 9.22 Å². The Labute approximate surface area is 92.1 Å². The molecule has 0 saturated heterocycles. The van der Waals surface area contributed by atoms with Gasteiger partial charge in [-0.2, -0.15) is 0 Å². The van der Waals surface area contributed by atoms with Gasteiger partial charge in [-0.05, 0) is 44.6 Å². The molecule has 0 aromatic heterocycles. The first-order valence-electron chi connectivity index (χ1n) is 5.51. The highest BCUT2D eigenvalue weighted by atomic mass is 28.4. The van der Waals surface area contributed by atoms with Crippen LogP contribution in [0.1, 0.15) is 12.8 Å². The topological polar surface area (TPSA) is 26.3 Å². The zero-order valence-corrected chi connectivity index (χ0v) is 10.6. The molecule has 15 heavy (non-hydrogen) atoms. The quantitative estimate of drug-likeness (QED) is 0.530. The Morgan fingerprint density at radius 1 is 1.40 bits per heavy atom. The molecule has 0 amide bonds. The molecule has 0 fully saturated rings. The third-order valence-electron chi connectivity index (χ3n) is 2.93. The summed E-state index contributed by atoms with van der Waals surface area (Å²) in [6.07, 6.45) is 9.61. The summed E-state index contributed by atoms with van der Waals surface area (Å²) in [7, 11) is -1.61. The number of ketones is 1. The van der Waals surface area contributed by atoms with E-state index in [2.05, 4.69) is 31.8 Å². The smallest absolute Gasteiger partial charge is 0.184 e. The van der Waals surface area contributed by atoms with Crippen LogP contribution in [0, 0.1) is 5.92 Å². The van der Waals surface area contributed by atoms with Gasteiger partial charge < -0.3 is 4.43 Å². The highest BCUT2D eigenvalue weighted by Crippen LogP contribution is 2.41. The van der Waals surface area contributed by atoms with Crippen molar-refractivity contribution in [3.8, 4) is 0 Å². The monoisotopic (exact) mass is 222 g/mol. The minimum atomic E-state index is -1.61. The van der Waals surface area contributed by atoms with Crippen LogP contribution < -0.4 is 0 Å². The van der Waals surface area contributed by atoms with E-state index < -0.39 is 8.32 Å². The molecule has 0 bridgehead atoms. The van der Waals surface area contributed by atoms with E-state index >= 15 is 0 Å². The zero-order valence-electron chi connectivity index (χ0n) is 9.62. The second-order valence-electron chi connectivity index (χ2n) is 5.37. The SMILES string of the molecule is C[Si](C)(C)O[C@]12C=CC(=O)[C@@H]1CC=CC2. The van der Waals surface area contributed by atoms with Gasteiger partial charge in [0.25, 0.3) is 0 Å². The largest absolute Gasteiger partial charge is 0.408 e. The Hall–Kier alpha value is -0.673. The summed E-state index contributed by atoms with van der Waals surface area (Å²) in [5.74, 6) is 0.270.